The highest BCUT2D eigenvalue weighted by Gasteiger charge is 2.30. The molecule has 1 N–H and O–H groups in total. The van der Waals surface area contributed by atoms with E-state index in [-0.39, 0.29) is 6.04 Å². The van der Waals surface area contributed by atoms with Crippen LogP contribution in [0.4, 0.5) is 5.69 Å². The first-order chi connectivity index (χ1) is 12.2. The number of halogens is 1. The molecule has 1 aliphatic rings. The van der Waals surface area contributed by atoms with Gasteiger partial charge >= 0.3 is 0 Å². The molecule has 1 aliphatic heterocycles. The van der Waals surface area contributed by atoms with Crippen LogP contribution in [-0.2, 0) is 6.54 Å². The van der Waals surface area contributed by atoms with Crippen molar-refractivity contribution in [3.05, 3.63) is 82.9 Å². The van der Waals surface area contributed by atoms with Gasteiger partial charge in [-0.1, -0.05) is 22.0 Å². The van der Waals surface area contributed by atoms with E-state index in [0.29, 0.717) is 0 Å². The number of nitrogens with zero attached hydrogens (tertiary/aromatic N) is 3. The SMILES string of the molecule is S=C(Nc1cccc(Br)c1)N1CCn2cccc2C1c1ccncc1. The van der Waals surface area contributed by atoms with Crippen molar-refractivity contribution in [1.29, 1.82) is 0 Å². The van der Waals surface area contributed by atoms with Crippen LogP contribution in [0, 0.1) is 0 Å². The van der Waals surface area contributed by atoms with E-state index in [1.807, 2.05) is 36.7 Å². The zero-order chi connectivity index (χ0) is 17.2. The standard InChI is InChI=1S/C19H17BrN4S/c20-15-3-1-4-16(13-15)22-19(25)24-12-11-23-10-2-5-17(23)18(24)14-6-8-21-9-7-14/h1-10,13,18H,11-12H2,(H,22,25). The van der Waals surface area contributed by atoms with Crippen molar-refractivity contribution >= 4 is 38.9 Å². The highest BCUT2D eigenvalue weighted by Crippen LogP contribution is 2.32. The number of aromatic nitrogens is 2. The second kappa shape index (κ2) is 6.98. The van der Waals surface area contributed by atoms with Crippen LogP contribution >= 0.6 is 28.1 Å². The van der Waals surface area contributed by atoms with E-state index in [9.17, 15) is 0 Å². The van der Waals surface area contributed by atoms with Crippen molar-refractivity contribution < 1.29 is 0 Å². The number of pyridine rings is 1. The van der Waals surface area contributed by atoms with Gasteiger partial charge in [0.15, 0.2) is 5.11 Å². The third kappa shape index (κ3) is 3.32. The summed E-state index contributed by atoms with van der Waals surface area (Å²) < 4.78 is 3.32. The Morgan fingerprint density at radius 3 is 2.76 bits per heavy atom. The monoisotopic (exact) mass is 412 g/mol. The Bertz CT molecular complexity index is 893. The molecule has 0 bridgehead atoms. The van der Waals surface area contributed by atoms with Gasteiger partial charge in [0, 0.05) is 47.5 Å². The maximum atomic E-state index is 5.75. The molecule has 1 unspecified atom stereocenters. The molecule has 1 atom stereocenters. The summed E-state index contributed by atoms with van der Waals surface area (Å²) in [5.74, 6) is 0. The maximum Gasteiger partial charge on any atom is 0.174 e. The molecule has 6 heteroatoms. The molecule has 0 aliphatic carbocycles. The van der Waals surface area contributed by atoms with Gasteiger partial charge in [0.2, 0.25) is 0 Å². The predicted molar refractivity (Wildman–Crippen MR) is 108 cm³/mol. The summed E-state index contributed by atoms with van der Waals surface area (Å²) in [6, 6.07) is 16.5. The minimum Gasteiger partial charge on any atom is -0.348 e. The van der Waals surface area contributed by atoms with E-state index < -0.39 is 0 Å². The largest absolute Gasteiger partial charge is 0.348 e. The van der Waals surface area contributed by atoms with Gasteiger partial charge in [-0.3, -0.25) is 4.98 Å². The molecule has 1 aromatic carbocycles. The predicted octanol–water partition coefficient (Wildman–Crippen LogP) is 4.45. The van der Waals surface area contributed by atoms with Crippen molar-refractivity contribution in [2.75, 3.05) is 11.9 Å². The van der Waals surface area contributed by atoms with E-state index in [4.69, 9.17) is 12.2 Å². The lowest BCUT2D eigenvalue weighted by Crippen LogP contribution is -2.44. The molecule has 4 rings (SSSR count). The van der Waals surface area contributed by atoms with Gasteiger partial charge in [-0.25, -0.2) is 0 Å². The average molecular weight is 413 g/mol. The fraction of sp³-hybridized carbons (Fsp3) is 0.158. The molecular weight excluding hydrogens is 396 g/mol. The van der Waals surface area contributed by atoms with Gasteiger partial charge < -0.3 is 14.8 Å². The van der Waals surface area contributed by atoms with Crippen molar-refractivity contribution in [1.82, 2.24) is 14.5 Å². The van der Waals surface area contributed by atoms with Crippen LogP contribution in [0.1, 0.15) is 17.3 Å². The number of thiocarbonyl (C=S) groups is 1. The Kier molecular flexibility index (Phi) is 4.55. The van der Waals surface area contributed by atoms with Crippen LogP contribution in [0.25, 0.3) is 0 Å². The Hall–Kier alpha value is -2.18. The molecule has 0 saturated heterocycles. The normalized spacial score (nSPS) is 16.4. The third-order valence-electron chi connectivity index (χ3n) is 4.40. The molecular formula is C19H17BrN4S. The molecule has 126 valence electrons. The van der Waals surface area contributed by atoms with Gasteiger partial charge in [-0.2, -0.15) is 0 Å². The van der Waals surface area contributed by atoms with Gasteiger partial charge in [-0.05, 0) is 60.2 Å². The van der Waals surface area contributed by atoms with Crippen LogP contribution < -0.4 is 5.32 Å². The Morgan fingerprint density at radius 2 is 1.96 bits per heavy atom. The van der Waals surface area contributed by atoms with Crippen molar-refractivity contribution in [2.24, 2.45) is 0 Å². The highest BCUT2D eigenvalue weighted by molar-refractivity contribution is 9.10. The van der Waals surface area contributed by atoms with Gasteiger partial charge in [-0.15, -0.1) is 0 Å². The lowest BCUT2D eigenvalue weighted by molar-refractivity contribution is 0.293. The summed E-state index contributed by atoms with van der Waals surface area (Å²) in [5.41, 5.74) is 3.41. The summed E-state index contributed by atoms with van der Waals surface area (Å²) in [7, 11) is 0. The Balaban J connectivity index is 1.66. The molecule has 3 heterocycles. The smallest absolute Gasteiger partial charge is 0.174 e. The van der Waals surface area contributed by atoms with E-state index in [2.05, 4.69) is 66.2 Å². The van der Waals surface area contributed by atoms with Crippen molar-refractivity contribution in [2.45, 2.75) is 12.6 Å². The van der Waals surface area contributed by atoms with E-state index in [1.165, 1.54) is 11.3 Å². The van der Waals surface area contributed by atoms with Crippen LogP contribution in [0.3, 0.4) is 0 Å². The fourth-order valence-corrected chi connectivity index (χ4v) is 3.97. The number of rotatable bonds is 2. The Labute approximate surface area is 160 Å². The molecule has 25 heavy (non-hydrogen) atoms. The van der Waals surface area contributed by atoms with Crippen LogP contribution in [0.15, 0.2) is 71.6 Å². The first kappa shape index (κ1) is 16.3. The minimum atomic E-state index is 0.0823. The molecule has 0 amide bonds. The third-order valence-corrected chi connectivity index (χ3v) is 5.23. The second-order valence-electron chi connectivity index (χ2n) is 5.94. The van der Waals surface area contributed by atoms with Gasteiger partial charge in [0.05, 0.1) is 6.04 Å². The first-order valence-corrected chi connectivity index (χ1v) is 9.30. The first-order valence-electron chi connectivity index (χ1n) is 8.10. The molecule has 0 saturated carbocycles. The summed E-state index contributed by atoms with van der Waals surface area (Å²) in [5, 5.41) is 4.11. The number of hydrogen-bond donors (Lipinski definition) is 1. The molecule has 0 radical (unpaired) electrons. The molecule has 0 fully saturated rings. The number of hydrogen-bond acceptors (Lipinski definition) is 2. The zero-order valence-corrected chi connectivity index (χ0v) is 15.9. The minimum absolute atomic E-state index is 0.0823. The Morgan fingerprint density at radius 1 is 1.12 bits per heavy atom. The molecule has 3 aromatic rings. The lowest BCUT2D eigenvalue weighted by atomic mass is 10.0. The topological polar surface area (TPSA) is 33.1 Å². The van der Waals surface area contributed by atoms with Gasteiger partial charge in [0.1, 0.15) is 0 Å². The fourth-order valence-electron chi connectivity index (χ4n) is 3.26. The van der Waals surface area contributed by atoms with Crippen molar-refractivity contribution in [3.63, 3.8) is 0 Å². The quantitative estimate of drug-likeness (QED) is 0.630. The van der Waals surface area contributed by atoms with E-state index in [0.717, 1.165) is 28.4 Å². The number of anilines is 1. The summed E-state index contributed by atoms with van der Waals surface area (Å²) >= 11 is 9.26. The summed E-state index contributed by atoms with van der Waals surface area (Å²) in [6.45, 7) is 1.78. The summed E-state index contributed by atoms with van der Waals surface area (Å²) in [4.78, 5) is 6.40. The van der Waals surface area contributed by atoms with Crippen LogP contribution in [0.5, 0.6) is 0 Å². The van der Waals surface area contributed by atoms with Crippen molar-refractivity contribution in [3.8, 4) is 0 Å². The number of fused-ring (bicyclic) bond motifs is 1. The van der Waals surface area contributed by atoms with Gasteiger partial charge in [0.25, 0.3) is 0 Å². The number of nitrogens with one attached hydrogen (secondary N) is 1. The highest BCUT2D eigenvalue weighted by atomic mass is 79.9. The zero-order valence-electron chi connectivity index (χ0n) is 13.5. The molecule has 0 spiro atoms. The average Bonchev–Trinajstić information content (AvgIpc) is 3.10. The lowest BCUT2D eigenvalue weighted by Gasteiger charge is -2.39. The van der Waals surface area contributed by atoms with Crippen LogP contribution in [-0.4, -0.2) is 26.1 Å². The summed E-state index contributed by atoms with van der Waals surface area (Å²) in [6.07, 6.45) is 5.80. The molecule has 2 aromatic heterocycles. The van der Waals surface area contributed by atoms with Crippen LogP contribution in [0.2, 0.25) is 0 Å². The number of benzene rings is 1. The van der Waals surface area contributed by atoms with E-state index in [1.54, 1.807) is 0 Å². The molecule has 4 nitrogen and oxygen atoms in total. The maximum absolute atomic E-state index is 5.75. The second-order valence-corrected chi connectivity index (χ2v) is 7.25. The van der Waals surface area contributed by atoms with E-state index >= 15 is 0 Å².